The Morgan fingerprint density at radius 3 is 2.57 bits per heavy atom. The maximum absolute atomic E-state index is 12.9. The molecular weight excluding hydrogens is 378 g/mol. The molecule has 6 atom stereocenters. The third kappa shape index (κ3) is 5.46. The summed E-state index contributed by atoms with van der Waals surface area (Å²) in [5, 5.41) is 29.9. The number of carbonyl (C=O) groups is 1. The van der Waals surface area contributed by atoms with E-state index >= 15 is 0 Å². The molecule has 2 saturated carbocycles. The number of hydrogen-bond donors (Lipinski definition) is 3. The van der Waals surface area contributed by atoms with Crippen molar-refractivity contribution in [3.8, 4) is 0 Å². The Balaban J connectivity index is 1.66. The zero-order chi connectivity index (χ0) is 22.1. The average molecular weight is 422 g/mol. The Morgan fingerprint density at radius 2 is 1.93 bits per heavy atom. The van der Waals surface area contributed by atoms with Gasteiger partial charge in [-0.05, 0) is 75.5 Å². The van der Waals surface area contributed by atoms with Crippen molar-refractivity contribution < 1.29 is 20.1 Å². The van der Waals surface area contributed by atoms with E-state index in [1.165, 1.54) is 18.4 Å². The van der Waals surface area contributed by atoms with Gasteiger partial charge in [-0.3, -0.25) is 4.79 Å². The van der Waals surface area contributed by atoms with Gasteiger partial charge in [0.05, 0.1) is 17.8 Å². The fraction of sp³-hybridized carbons (Fsp3) is 0.880. The number of fused-ring (bicyclic) bond motifs is 1. The predicted octanol–water partition coefficient (Wildman–Crippen LogP) is 3.66. The average Bonchev–Trinajstić information content (AvgIpc) is 2.97. The van der Waals surface area contributed by atoms with Crippen molar-refractivity contribution in [2.24, 2.45) is 23.2 Å². The molecule has 1 aliphatic heterocycles. The Morgan fingerprint density at radius 1 is 1.27 bits per heavy atom. The molecule has 172 valence electrons. The summed E-state index contributed by atoms with van der Waals surface area (Å²) in [6.45, 7) is 9.24. The highest BCUT2D eigenvalue weighted by Crippen LogP contribution is 2.59. The van der Waals surface area contributed by atoms with Gasteiger partial charge in [-0.1, -0.05) is 32.3 Å². The number of rotatable bonds is 6. The van der Waals surface area contributed by atoms with Crippen LogP contribution in [0, 0.1) is 23.2 Å². The molecular formula is C25H43NO4. The van der Waals surface area contributed by atoms with E-state index in [0.717, 1.165) is 38.5 Å². The van der Waals surface area contributed by atoms with E-state index < -0.39 is 17.8 Å². The molecule has 3 fully saturated rings. The van der Waals surface area contributed by atoms with Crippen LogP contribution in [0.2, 0.25) is 0 Å². The maximum atomic E-state index is 12.9. The summed E-state index contributed by atoms with van der Waals surface area (Å²) in [5.41, 5.74) is 0.951. The molecule has 0 aromatic carbocycles. The normalized spacial score (nSPS) is 37.3. The van der Waals surface area contributed by atoms with Crippen molar-refractivity contribution >= 4 is 5.91 Å². The standard InChI is InChI=1S/C25H43NO4/c1-17(7-5-11-24(2,3)30)21-9-10-22-18(8-6-12-25(21,22)4)13-23(29)26-15-19(27)14-20(28)16-26/h13,17,19-22,27-28,30H,5-12,14-16H2,1-4H3/b18-13+/t17-,19+,20+,21-,22+,25-/m1/s1. The molecule has 0 radical (unpaired) electrons. The minimum atomic E-state index is -0.631. The van der Waals surface area contributed by atoms with Crippen LogP contribution in [-0.2, 0) is 4.79 Å². The summed E-state index contributed by atoms with van der Waals surface area (Å²) in [7, 11) is 0. The van der Waals surface area contributed by atoms with E-state index in [4.69, 9.17) is 0 Å². The van der Waals surface area contributed by atoms with Gasteiger partial charge >= 0.3 is 0 Å². The molecule has 0 aromatic heterocycles. The van der Waals surface area contributed by atoms with Crippen LogP contribution in [0.1, 0.15) is 85.5 Å². The molecule has 3 rings (SSSR count). The first kappa shape index (κ1) is 23.7. The summed E-state index contributed by atoms with van der Waals surface area (Å²) < 4.78 is 0. The quantitative estimate of drug-likeness (QED) is 0.572. The third-order valence-corrected chi connectivity index (χ3v) is 8.20. The van der Waals surface area contributed by atoms with Crippen molar-refractivity contribution in [2.45, 2.75) is 103 Å². The largest absolute Gasteiger partial charge is 0.391 e. The van der Waals surface area contributed by atoms with E-state index in [1.807, 2.05) is 19.9 Å². The Kier molecular flexibility index (Phi) is 7.36. The highest BCUT2D eigenvalue weighted by Gasteiger charge is 2.50. The van der Waals surface area contributed by atoms with Gasteiger partial charge in [0.25, 0.3) is 0 Å². The second-order valence-electron chi connectivity index (χ2n) is 11.3. The number of piperidine rings is 1. The summed E-state index contributed by atoms with van der Waals surface area (Å²) in [4.78, 5) is 14.5. The number of aliphatic hydroxyl groups is 3. The van der Waals surface area contributed by atoms with Gasteiger partial charge in [0.1, 0.15) is 0 Å². The van der Waals surface area contributed by atoms with Gasteiger partial charge in [0, 0.05) is 25.6 Å². The van der Waals surface area contributed by atoms with Crippen LogP contribution in [0.25, 0.3) is 0 Å². The lowest BCUT2D eigenvalue weighted by Gasteiger charge is -2.44. The summed E-state index contributed by atoms with van der Waals surface area (Å²) >= 11 is 0. The molecule has 0 spiro atoms. The Labute approximate surface area is 182 Å². The van der Waals surface area contributed by atoms with Crippen LogP contribution in [0.15, 0.2) is 11.6 Å². The molecule has 3 N–H and O–H groups in total. The van der Waals surface area contributed by atoms with Gasteiger partial charge in [0.15, 0.2) is 0 Å². The molecule has 0 bridgehead atoms. The van der Waals surface area contributed by atoms with Crippen LogP contribution in [0.3, 0.4) is 0 Å². The van der Waals surface area contributed by atoms with Gasteiger partial charge in [-0.25, -0.2) is 0 Å². The fourth-order valence-electron chi connectivity index (χ4n) is 6.72. The van der Waals surface area contributed by atoms with E-state index in [0.29, 0.717) is 37.3 Å². The zero-order valence-electron chi connectivity index (χ0n) is 19.4. The molecule has 3 aliphatic rings. The third-order valence-electron chi connectivity index (χ3n) is 8.20. The number of likely N-dealkylation sites (tertiary alicyclic amines) is 1. The monoisotopic (exact) mass is 421 g/mol. The van der Waals surface area contributed by atoms with E-state index in [1.54, 1.807) is 4.90 Å². The van der Waals surface area contributed by atoms with E-state index in [9.17, 15) is 20.1 Å². The lowest BCUT2D eigenvalue weighted by atomic mass is 9.60. The second kappa shape index (κ2) is 9.30. The minimum absolute atomic E-state index is 0.0475. The number of carbonyl (C=O) groups excluding carboxylic acids is 1. The number of allylic oxidation sites excluding steroid dienone is 1. The van der Waals surface area contributed by atoms with Crippen LogP contribution in [0.4, 0.5) is 0 Å². The van der Waals surface area contributed by atoms with E-state index in [-0.39, 0.29) is 11.3 Å². The molecule has 5 heteroatoms. The Bertz CT molecular complexity index is 630. The first-order valence-electron chi connectivity index (χ1n) is 12.1. The summed E-state index contributed by atoms with van der Waals surface area (Å²) in [6, 6.07) is 0. The predicted molar refractivity (Wildman–Crippen MR) is 119 cm³/mol. The first-order valence-corrected chi connectivity index (χ1v) is 12.1. The van der Waals surface area contributed by atoms with Crippen LogP contribution in [0.5, 0.6) is 0 Å². The topological polar surface area (TPSA) is 81.0 Å². The smallest absolute Gasteiger partial charge is 0.246 e. The van der Waals surface area contributed by atoms with Crippen molar-refractivity contribution in [1.29, 1.82) is 0 Å². The lowest BCUT2D eigenvalue weighted by Crippen LogP contribution is -2.48. The maximum Gasteiger partial charge on any atom is 0.246 e. The molecule has 0 aromatic rings. The second-order valence-corrected chi connectivity index (χ2v) is 11.3. The van der Waals surface area contributed by atoms with Gasteiger partial charge in [-0.2, -0.15) is 0 Å². The Hall–Kier alpha value is -0.910. The molecule has 1 heterocycles. The van der Waals surface area contributed by atoms with Crippen LogP contribution in [-0.4, -0.2) is 57.0 Å². The van der Waals surface area contributed by atoms with Crippen molar-refractivity contribution in [3.63, 3.8) is 0 Å². The van der Waals surface area contributed by atoms with Gasteiger partial charge < -0.3 is 20.2 Å². The molecule has 2 aliphatic carbocycles. The van der Waals surface area contributed by atoms with Crippen LogP contribution < -0.4 is 0 Å². The molecule has 0 unspecified atom stereocenters. The van der Waals surface area contributed by atoms with E-state index in [2.05, 4.69) is 13.8 Å². The van der Waals surface area contributed by atoms with Crippen molar-refractivity contribution in [1.82, 2.24) is 4.90 Å². The highest BCUT2D eigenvalue weighted by atomic mass is 16.3. The number of aliphatic hydroxyl groups excluding tert-OH is 2. The molecule has 30 heavy (non-hydrogen) atoms. The number of β-amino-alcohol motifs (C(OH)–C–C–N with tert-alkyl or cyclic N) is 2. The van der Waals surface area contributed by atoms with Crippen LogP contribution >= 0.6 is 0 Å². The zero-order valence-corrected chi connectivity index (χ0v) is 19.4. The summed E-state index contributed by atoms with van der Waals surface area (Å²) in [5.74, 6) is 1.72. The number of amides is 1. The first-order chi connectivity index (χ1) is 14.0. The van der Waals surface area contributed by atoms with Gasteiger partial charge in [-0.15, -0.1) is 0 Å². The van der Waals surface area contributed by atoms with Crippen molar-refractivity contribution in [3.05, 3.63) is 11.6 Å². The van der Waals surface area contributed by atoms with Gasteiger partial charge in [0.2, 0.25) is 5.91 Å². The highest BCUT2D eigenvalue weighted by molar-refractivity contribution is 5.88. The van der Waals surface area contributed by atoms with Crippen molar-refractivity contribution in [2.75, 3.05) is 13.1 Å². The summed E-state index contributed by atoms with van der Waals surface area (Å²) in [6.07, 6.45) is 9.71. The fourth-order valence-corrected chi connectivity index (χ4v) is 6.72. The molecule has 5 nitrogen and oxygen atoms in total. The minimum Gasteiger partial charge on any atom is -0.391 e. The SMILES string of the molecule is C[C@H](CCCC(C)(C)O)[C@H]1CC[C@H]2/C(=C/C(=O)N3C[C@@H](O)C[C@H](O)C3)CCC[C@]12C. The number of hydrogen-bond acceptors (Lipinski definition) is 4. The number of nitrogens with zero attached hydrogens (tertiary/aromatic N) is 1. The molecule has 1 amide bonds. The molecule has 1 saturated heterocycles. The lowest BCUT2D eigenvalue weighted by molar-refractivity contribution is -0.132.